The smallest absolute Gasteiger partial charge is 0.261 e. The topological polar surface area (TPSA) is 125 Å². The number of sulfonamides is 1. The lowest BCUT2D eigenvalue weighted by molar-refractivity contribution is -0.120. The summed E-state index contributed by atoms with van der Waals surface area (Å²) in [6.45, 7) is 1.80. The van der Waals surface area contributed by atoms with E-state index >= 15 is 0 Å². The summed E-state index contributed by atoms with van der Waals surface area (Å²) in [6.07, 6.45) is 1.63. The lowest BCUT2D eigenvalue weighted by atomic mass is 10.1. The van der Waals surface area contributed by atoms with Crippen LogP contribution in [-0.4, -0.2) is 43.6 Å². The predicted molar refractivity (Wildman–Crippen MR) is 113 cm³/mol. The van der Waals surface area contributed by atoms with Crippen molar-refractivity contribution in [3.05, 3.63) is 59.2 Å². The van der Waals surface area contributed by atoms with Crippen molar-refractivity contribution < 1.29 is 22.8 Å². The third-order valence-corrected chi connectivity index (χ3v) is 6.64. The summed E-state index contributed by atoms with van der Waals surface area (Å²) in [4.78, 5) is 38.2. The fourth-order valence-electron chi connectivity index (χ4n) is 3.23. The van der Waals surface area contributed by atoms with Gasteiger partial charge in [-0.1, -0.05) is 11.6 Å². The van der Waals surface area contributed by atoms with Gasteiger partial charge >= 0.3 is 0 Å². The first-order valence-corrected chi connectivity index (χ1v) is 11.4. The van der Waals surface area contributed by atoms with Gasteiger partial charge in [-0.05, 0) is 56.2 Å². The summed E-state index contributed by atoms with van der Waals surface area (Å²) in [5.74, 6) is -1.22. The molecule has 0 aromatic heterocycles. The van der Waals surface area contributed by atoms with Crippen LogP contribution in [0.5, 0.6) is 0 Å². The van der Waals surface area contributed by atoms with Crippen LogP contribution in [0.3, 0.4) is 0 Å². The van der Waals surface area contributed by atoms with Crippen LogP contribution in [0.25, 0.3) is 0 Å². The molecule has 3 N–H and O–H groups in total. The molecule has 0 saturated heterocycles. The normalized spacial score (nSPS) is 15.7. The molecule has 10 heteroatoms. The van der Waals surface area contributed by atoms with Gasteiger partial charge in [0.05, 0.1) is 21.7 Å². The molecule has 2 aromatic carbocycles. The molecule has 1 aliphatic carbocycles. The molecular formula is C21H22N4O5S. The van der Waals surface area contributed by atoms with Crippen molar-refractivity contribution in [3.63, 3.8) is 0 Å². The van der Waals surface area contributed by atoms with E-state index in [1.54, 1.807) is 18.2 Å². The maximum atomic E-state index is 12.4. The number of hydrazine groups is 1. The van der Waals surface area contributed by atoms with E-state index in [1.165, 1.54) is 24.3 Å². The van der Waals surface area contributed by atoms with E-state index in [4.69, 9.17) is 0 Å². The SMILES string of the molecule is Cc1ccc2c(c1)C(=O)N(CCC(=O)NNc1ccc(S(=O)(=O)NC3CC3)cc1)C2=O. The molecule has 2 aliphatic rings. The van der Waals surface area contributed by atoms with Gasteiger partial charge in [0, 0.05) is 19.0 Å². The van der Waals surface area contributed by atoms with Crippen LogP contribution in [0.1, 0.15) is 45.5 Å². The van der Waals surface area contributed by atoms with E-state index in [9.17, 15) is 22.8 Å². The number of aryl methyl sites for hydroxylation is 1. The van der Waals surface area contributed by atoms with Crippen LogP contribution in [0, 0.1) is 6.92 Å². The average Bonchev–Trinajstić information content (AvgIpc) is 3.51. The summed E-state index contributed by atoms with van der Waals surface area (Å²) in [5, 5.41) is 0. The van der Waals surface area contributed by atoms with E-state index in [1.807, 2.05) is 6.92 Å². The summed E-state index contributed by atoms with van der Waals surface area (Å²) in [6, 6.07) is 11.0. The number of imide groups is 1. The summed E-state index contributed by atoms with van der Waals surface area (Å²) < 4.78 is 26.9. The van der Waals surface area contributed by atoms with Crippen LogP contribution in [0.2, 0.25) is 0 Å². The summed E-state index contributed by atoms with van der Waals surface area (Å²) >= 11 is 0. The minimum Gasteiger partial charge on any atom is -0.299 e. The minimum absolute atomic E-state index is 0.0216. The molecular weight excluding hydrogens is 420 g/mol. The lowest BCUT2D eigenvalue weighted by Crippen LogP contribution is -2.36. The largest absolute Gasteiger partial charge is 0.299 e. The molecule has 0 radical (unpaired) electrons. The van der Waals surface area contributed by atoms with Gasteiger partial charge in [0.15, 0.2) is 0 Å². The van der Waals surface area contributed by atoms with Crippen molar-refractivity contribution in [3.8, 4) is 0 Å². The molecule has 3 amide bonds. The van der Waals surface area contributed by atoms with Crippen molar-refractivity contribution in [2.75, 3.05) is 12.0 Å². The quantitative estimate of drug-likeness (QED) is 0.421. The second-order valence-electron chi connectivity index (χ2n) is 7.65. The van der Waals surface area contributed by atoms with Crippen LogP contribution in [0.4, 0.5) is 5.69 Å². The molecule has 0 spiro atoms. The second kappa shape index (κ2) is 8.12. The van der Waals surface area contributed by atoms with E-state index < -0.39 is 27.7 Å². The van der Waals surface area contributed by atoms with Crippen molar-refractivity contribution >= 4 is 33.4 Å². The van der Waals surface area contributed by atoms with E-state index in [-0.39, 0.29) is 23.9 Å². The Hall–Kier alpha value is -3.24. The molecule has 0 bridgehead atoms. The van der Waals surface area contributed by atoms with Crippen LogP contribution in [-0.2, 0) is 14.8 Å². The highest BCUT2D eigenvalue weighted by Crippen LogP contribution is 2.24. The van der Waals surface area contributed by atoms with Gasteiger partial charge in [0.1, 0.15) is 0 Å². The first-order chi connectivity index (χ1) is 14.7. The van der Waals surface area contributed by atoms with Crippen LogP contribution >= 0.6 is 0 Å². The number of nitrogens with one attached hydrogen (secondary N) is 3. The Bertz CT molecular complexity index is 1160. The predicted octanol–water partition coefficient (Wildman–Crippen LogP) is 1.57. The maximum Gasteiger partial charge on any atom is 0.261 e. The molecule has 31 heavy (non-hydrogen) atoms. The Morgan fingerprint density at radius 1 is 1.03 bits per heavy atom. The Labute approximate surface area is 179 Å². The Morgan fingerprint density at radius 2 is 1.71 bits per heavy atom. The summed E-state index contributed by atoms with van der Waals surface area (Å²) in [7, 11) is -3.53. The number of hydrogen-bond donors (Lipinski definition) is 3. The molecule has 0 atom stereocenters. The van der Waals surface area contributed by atoms with E-state index in [0.717, 1.165) is 23.3 Å². The summed E-state index contributed by atoms with van der Waals surface area (Å²) in [5.41, 5.74) is 7.25. The van der Waals surface area contributed by atoms with Gasteiger partial charge in [0.2, 0.25) is 15.9 Å². The highest BCUT2D eigenvalue weighted by Gasteiger charge is 2.35. The Morgan fingerprint density at radius 3 is 2.39 bits per heavy atom. The number of anilines is 1. The van der Waals surface area contributed by atoms with Crippen molar-refractivity contribution in [2.45, 2.75) is 37.1 Å². The number of carbonyl (C=O) groups is 3. The zero-order valence-corrected chi connectivity index (χ0v) is 17.7. The Kier molecular flexibility index (Phi) is 5.50. The standard InChI is InChI=1S/C21H22N4O5S/c1-13-2-9-17-18(12-13)21(28)25(20(17)27)11-10-19(26)23-22-14-5-7-16(8-6-14)31(29,30)24-15-3-4-15/h2,5-9,12,15,22,24H,3-4,10-11H2,1H3,(H,23,26). The number of carbonyl (C=O) groups excluding carboxylic acids is 3. The molecule has 1 aliphatic heterocycles. The minimum atomic E-state index is -3.53. The monoisotopic (exact) mass is 442 g/mol. The number of nitrogens with zero attached hydrogens (tertiary/aromatic N) is 1. The third kappa shape index (κ3) is 4.59. The van der Waals surface area contributed by atoms with Gasteiger partial charge < -0.3 is 0 Å². The highest BCUT2D eigenvalue weighted by atomic mass is 32.2. The fourth-order valence-corrected chi connectivity index (χ4v) is 4.54. The van der Waals surface area contributed by atoms with Crippen LogP contribution in [0.15, 0.2) is 47.4 Å². The van der Waals surface area contributed by atoms with Crippen LogP contribution < -0.4 is 15.6 Å². The zero-order valence-electron chi connectivity index (χ0n) is 16.8. The number of amides is 3. The fraction of sp³-hybridized carbons (Fsp3) is 0.286. The zero-order chi connectivity index (χ0) is 22.2. The van der Waals surface area contributed by atoms with Crippen molar-refractivity contribution in [1.29, 1.82) is 0 Å². The Balaban J connectivity index is 1.28. The van der Waals surface area contributed by atoms with E-state index in [0.29, 0.717) is 16.8 Å². The average molecular weight is 442 g/mol. The van der Waals surface area contributed by atoms with Gasteiger partial charge in [-0.2, -0.15) is 0 Å². The number of benzene rings is 2. The molecule has 4 rings (SSSR count). The number of fused-ring (bicyclic) bond motifs is 1. The molecule has 9 nitrogen and oxygen atoms in total. The van der Waals surface area contributed by atoms with Gasteiger partial charge in [-0.15, -0.1) is 0 Å². The van der Waals surface area contributed by atoms with Gasteiger partial charge in [0.25, 0.3) is 11.8 Å². The maximum absolute atomic E-state index is 12.4. The highest BCUT2D eigenvalue weighted by molar-refractivity contribution is 7.89. The molecule has 1 saturated carbocycles. The molecule has 1 heterocycles. The van der Waals surface area contributed by atoms with E-state index in [2.05, 4.69) is 15.6 Å². The second-order valence-corrected chi connectivity index (χ2v) is 9.37. The molecule has 2 aromatic rings. The lowest BCUT2D eigenvalue weighted by Gasteiger charge is -2.14. The number of rotatable bonds is 8. The first kappa shape index (κ1) is 21.0. The molecule has 162 valence electrons. The van der Waals surface area contributed by atoms with Gasteiger partial charge in [-0.3, -0.25) is 30.1 Å². The molecule has 1 fully saturated rings. The van der Waals surface area contributed by atoms with Crippen molar-refractivity contribution in [1.82, 2.24) is 15.0 Å². The molecule has 0 unspecified atom stereocenters. The van der Waals surface area contributed by atoms with Gasteiger partial charge in [-0.25, -0.2) is 13.1 Å². The van der Waals surface area contributed by atoms with Crippen molar-refractivity contribution in [2.24, 2.45) is 0 Å². The first-order valence-electron chi connectivity index (χ1n) is 9.89. The number of hydrogen-bond acceptors (Lipinski definition) is 6. The third-order valence-electron chi connectivity index (χ3n) is 5.10.